The molecule has 23 heavy (non-hydrogen) atoms. The van der Waals surface area contributed by atoms with Gasteiger partial charge in [-0.1, -0.05) is 25.7 Å². The fraction of sp³-hybridized carbons (Fsp3) is 0.611. The molecule has 0 bridgehead atoms. The normalized spacial score (nSPS) is 14.6. The molecule has 0 aromatic heterocycles. The summed E-state index contributed by atoms with van der Waals surface area (Å²) in [7, 11) is 4.64. The van der Waals surface area contributed by atoms with Crippen molar-refractivity contribution in [3.63, 3.8) is 0 Å². The highest BCUT2D eigenvalue weighted by Crippen LogP contribution is 2.34. The van der Waals surface area contributed by atoms with E-state index in [2.05, 4.69) is 5.32 Å². The van der Waals surface area contributed by atoms with E-state index >= 15 is 0 Å². The van der Waals surface area contributed by atoms with Gasteiger partial charge in [0.1, 0.15) is 5.75 Å². The first-order chi connectivity index (χ1) is 11.2. The Balaban J connectivity index is 1.94. The molecule has 5 heteroatoms. The lowest BCUT2D eigenvalue weighted by Gasteiger charge is -2.14. The van der Waals surface area contributed by atoms with Crippen molar-refractivity contribution in [3.8, 4) is 17.2 Å². The van der Waals surface area contributed by atoms with Crippen molar-refractivity contribution in [2.24, 2.45) is 5.92 Å². The largest absolute Gasteiger partial charge is 0.496 e. The fourth-order valence-corrected chi connectivity index (χ4v) is 3.19. The average molecular weight is 321 g/mol. The molecule has 0 aliphatic heterocycles. The Morgan fingerprint density at radius 2 is 1.65 bits per heavy atom. The highest BCUT2D eigenvalue weighted by atomic mass is 16.5. The molecule has 1 N–H and O–H groups in total. The molecule has 128 valence electrons. The van der Waals surface area contributed by atoms with Gasteiger partial charge in [-0.15, -0.1) is 0 Å². The van der Waals surface area contributed by atoms with Crippen LogP contribution in [0.1, 0.15) is 48.9 Å². The molecule has 0 unspecified atom stereocenters. The summed E-state index contributed by atoms with van der Waals surface area (Å²) in [4.78, 5) is 12.4. The van der Waals surface area contributed by atoms with Gasteiger partial charge >= 0.3 is 0 Å². The molecule has 1 amide bonds. The standard InChI is InChI=1S/C18H27NO4/c1-21-15-12-17(23-3)16(22-2)11-14(15)18(20)19-10-6-9-13-7-4-5-8-13/h11-13H,4-10H2,1-3H3,(H,19,20). The summed E-state index contributed by atoms with van der Waals surface area (Å²) in [5, 5.41) is 2.97. The van der Waals surface area contributed by atoms with Gasteiger partial charge in [-0.3, -0.25) is 4.79 Å². The topological polar surface area (TPSA) is 56.8 Å². The molecule has 1 saturated carbocycles. The second kappa shape index (κ2) is 8.65. The van der Waals surface area contributed by atoms with Crippen LogP contribution in [0.4, 0.5) is 0 Å². The van der Waals surface area contributed by atoms with Crippen LogP contribution in [0, 0.1) is 5.92 Å². The number of methoxy groups -OCH3 is 3. The maximum atomic E-state index is 12.4. The van der Waals surface area contributed by atoms with Crippen molar-refractivity contribution in [3.05, 3.63) is 17.7 Å². The fourth-order valence-electron chi connectivity index (χ4n) is 3.19. The smallest absolute Gasteiger partial charge is 0.255 e. The van der Waals surface area contributed by atoms with Crippen LogP contribution in [-0.4, -0.2) is 33.8 Å². The first kappa shape index (κ1) is 17.4. The molecule has 0 saturated heterocycles. The summed E-state index contributed by atoms with van der Waals surface area (Å²) in [5.74, 6) is 2.25. The lowest BCUT2D eigenvalue weighted by atomic mass is 10.0. The predicted octanol–water partition coefficient (Wildman–Crippen LogP) is 3.41. The van der Waals surface area contributed by atoms with E-state index in [9.17, 15) is 4.79 Å². The number of nitrogens with one attached hydrogen (secondary N) is 1. The Labute approximate surface area is 138 Å². The van der Waals surface area contributed by atoms with Gasteiger partial charge in [0.05, 0.1) is 26.9 Å². The van der Waals surface area contributed by atoms with E-state index in [0.717, 1.165) is 12.3 Å². The van der Waals surface area contributed by atoms with E-state index in [1.165, 1.54) is 39.2 Å². The van der Waals surface area contributed by atoms with Crippen molar-refractivity contribution in [2.45, 2.75) is 38.5 Å². The summed E-state index contributed by atoms with van der Waals surface area (Å²) in [6, 6.07) is 3.33. The molecule has 1 aromatic rings. The van der Waals surface area contributed by atoms with E-state index < -0.39 is 0 Å². The zero-order valence-electron chi connectivity index (χ0n) is 14.3. The van der Waals surface area contributed by atoms with Gasteiger partial charge in [0.25, 0.3) is 5.91 Å². The van der Waals surface area contributed by atoms with Crippen LogP contribution in [0.3, 0.4) is 0 Å². The summed E-state index contributed by atoms with van der Waals surface area (Å²) in [5.41, 5.74) is 0.464. The molecule has 2 rings (SSSR count). The number of rotatable bonds is 8. The third-order valence-electron chi connectivity index (χ3n) is 4.50. The zero-order valence-corrected chi connectivity index (χ0v) is 14.3. The Kier molecular flexibility index (Phi) is 6.56. The lowest BCUT2D eigenvalue weighted by Crippen LogP contribution is -2.25. The monoisotopic (exact) mass is 321 g/mol. The lowest BCUT2D eigenvalue weighted by molar-refractivity contribution is 0.0949. The third kappa shape index (κ3) is 4.53. The molecule has 5 nitrogen and oxygen atoms in total. The Bertz CT molecular complexity index is 524. The van der Waals surface area contributed by atoms with Crippen LogP contribution in [0.15, 0.2) is 12.1 Å². The molecular formula is C18H27NO4. The van der Waals surface area contributed by atoms with Crippen molar-refractivity contribution in [2.75, 3.05) is 27.9 Å². The van der Waals surface area contributed by atoms with Crippen molar-refractivity contribution < 1.29 is 19.0 Å². The van der Waals surface area contributed by atoms with E-state index in [1.54, 1.807) is 26.4 Å². The first-order valence-corrected chi connectivity index (χ1v) is 8.27. The van der Waals surface area contributed by atoms with Gasteiger partial charge in [0, 0.05) is 18.7 Å². The highest BCUT2D eigenvalue weighted by molar-refractivity contribution is 5.97. The Morgan fingerprint density at radius 1 is 1.04 bits per heavy atom. The first-order valence-electron chi connectivity index (χ1n) is 8.27. The molecular weight excluding hydrogens is 294 g/mol. The quantitative estimate of drug-likeness (QED) is 0.746. The molecule has 0 radical (unpaired) electrons. The van der Waals surface area contributed by atoms with E-state index in [1.807, 2.05) is 0 Å². The minimum atomic E-state index is -0.144. The van der Waals surface area contributed by atoms with E-state index in [-0.39, 0.29) is 5.91 Å². The van der Waals surface area contributed by atoms with Gasteiger partial charge in [-0.2, -0.15) is 0 Å². The minimum Gasteiger partial charge on any atom is -0.496 e. The number of ether oxygens (including phenoxy) is 3. The number of carbonyl (C=O) groups excluding carboxylic acids is 1. The summed E-state index contributed by atoms with van der Waals surface area (Å²) >= 11 is 0. The van der Waals surface area contributed by atoms with Crippen LogP contribution >= 0.6 is 0 Å². The zero-order chi connectivity index (χ0) is 16.7. The molecule has 1 fully saturated rings. The maximum Gasteiger partial charge on any atom is 0.255 e. The van der Waals surface area contributed by atoms with E-state index in [4.69, 9.17) is 14.2 Å². The summed E-state index contributed by atoms with van der Waals surface area (Å²) in [6.45, 7) is 0.687. The minimum absolute atomic E-state index is 0.144. The van der Waals surface area contributed by atoms with Crippen LogP contribution in [-0.2, 0) is 0 Å². The number of hydrogen-bond donors (Lipinski definition) is 1. The number of carbonyl (C=O) groups is 1. The van der Waals surface area contributed by atoms with Crippen LogP contribution in [0.2, 0.25) is 0 Å². The summed E-state index contributed by atoms with van der Waals surface area (Å²) < 4.78 is 15.8. The van der Waals surface area contributed by atoms with Crippen molar-refractivity contribution >= 4 is 5.91 Å². The van der Waals surface area contributed by atoms with Gasteiger partial charge in [0.2, 0.25) is 0 Å². The third-order valence-corrected chi connectivity index (χ3v) is 4.50. The second-order valence-corrected chi connectivity index (χ2v) is 5.96. The molecule has 1 aliphatic rings. The van der Waals surface area contributed by atoms with Crippen molar-refractivity contribution in [1.29, 1.82) is 0 Å². The van der Waals surface area contributed by atoms with Gasteiger partial charge < -0.3 is 19.5 Å². The number of amides is 1. The molecule has 0 spiro atoms. The van der Waals surface area contributed by atoms with Crippen LogP contribution in [0.25, 0.3) is 0 Å². The summed E-state index contributed by atoms with van der Waals surface area (Å²) in [6.07, 6.45) is 7.63. The molecule has 1 aliphatic carbocycles. The second-order valence-electron chi connectivity index (χ2n) is 5.96. The number of benzene rings is 1. The average Bonchev–Trinajstić information content (AvgIpc) is 3.10. The van der Waals surface area contributed by atoms with Crippen molar-refractivity contribution in [1.82, 2.24) is 5.32 Å². The predicted molar refractivity (Wildman–Crippen MR) is 89.6 cm³/mol. The van der Waals surface area contributed by atoms with Crippen LogP contribution < -0.4 is 19.5 Å². The van der Waals surface area contributed by atoms with Gasteiger partial charge in [-0.25, -0.2) is 0 Å². The van der Waals surface area contributed by atoms with E-state index in [0.29, 0.717) is 29.4 Å². The Morgan fingerprint density at radius 3 is 2.26 bits per heavy atom. The SMILES string of the molecule is COc1cc(OC)c(C(=O)NCCCC2CCCC2)cc1OC. The molecule has 0 heterocycles. The Hall–Kier alpha value is -1.91. The highest BCUT2D eigenvalue weighted by Gasteiger charge is 2.18. The molecule has 1 aromatic carbocycles. The van der Waals surface area contributed by atoms with Gasteiger partial charge in [0.15, 0.2) is 11.5 Å². The van der Waals surface area contributed by atoms with Gasteiger partial charge in [-0.05, 0) is 18.8 Å². The number of hydrogen-bond acceptors (Lipinski definition) is 4. The molecule has 0 atom stereocenters. The van der Waals surface area contributed by atoms with Crippen LogP contribution in [0.5, 0.6) is 17.2 Å². The maximum absolute atomic E-state index is 12.4.